The van der Waals surface area contributed by atoms with Gasteiger partial charge in [0.25, 0.3) is 0 Å². The van der Waals surface area contributed by atoms with Gasteiger partial charge in [-0.3, -0.25) is 9.69 Å². The van der Waals surface area contributed by atoms with Gasteiger partial charge in [-0.05, 0) is 5.56 Å². The number of rotatable bonds is 8. The first kappa shape index (κ1) is 17.8. The molecule has 1 atom stereocenters. The number of aliphatic hydroxyl groups is 1. The molecule has 0 aliphatic rings. The van der Waals surface area contributed by atoms with Crippen LogP contribution in [0.4, 0.5) is 0 Å². The predicted octanol–water partition coefficient (Wildman–Crippen LogP) is 2.19. The van der Waals surface area contributed by atoms with Crippen LogP contribution < -0.4 is 5.73 Å². The van der Waals surface area contributed by atoms with Gasteiger partial charge in [-0.1, -0.05) is 65.8 Å². The number of benzene rings is 2. The maximum Gasteiger partial charge on any atom is 0.237 e. The van der Waals surface area contributed by atoms with Gasteiger partial charge in [0.05, 0.1) is 12.3 Å². The molecule has 0 saturated carbocycles. The Morgan fingerprint density at radius 1 is 1.08 bits per heavy atom. The Labute approximate surface area is 151 Å². The van der Waals surface area contributed by atoms with Gasteiger partial charge in [0.2, 0.25) is 5.91 Å². The molecule has 0 saturated heterocycles. The van der Waals surface area contributed by atoms with Crippen LogP contribution >= 0.6 is 0 Å². The molecule has 0 aliphatic carbocycles. The molecule has 6 heteroatoms. The summed E-state index contributed by atoms with van der Waals surface area (Å²) in [6.07, 6.45) is 0. The van der Waals surface area contributed by atoms with E-state index < -0.39 is 11.9 Å². The summed E-state index contributed by atoms with van der Waals surface area (Å²) >= 11 is 0. The Morgan fingerprint density at radius 2 is 1.73 bits per heavy atom. The average molecular weight is 351 g/mol. The second-order valence-electron chi connectivity index (χ2n) is 6.04. The smallest absolute Gasteiger partial charge is 0.237 e. The number of primary amides is 1. The van der Waals surface area contributed by atoms with E-state index in [9.17, 15) is 9.90 Å². The molecule has 0 bridgehead atoms. The van der Waals surface area contributed by atoms with Crippen molar-refractivity contribution in [3.05, 3.63) is 78.0 Å². The number of nitrogens with zero attached hydrogens (tertiary/aromatic N) is 2. The van der Waals surface area contributed by atoms with Crippen LogP contribution in [0.5, 0.6) is 0 Å². The number of aliphatic hydroxyl groups excluding tert-OH is 1. The minimum atomic E-state index is -0.799. The molecule has 26 heavy (non-hydrogen) atoms. The largest absolute Gasteiger partial charge is 0.394 e. The topological polar surface area (TPSA) is 92.6 Å². The van der Waals surface area contributed by atoms with Gasteiger partial charge in [-0.2, -0.15) is 0 Å². The summed E-state index contributed by atoms with van der Waals surface area (Å²) in [5, 5.41) is 13.7. The van der Waals surface area contributed by atoms with Crippen molar-refractivity contribution in [2.75, 3.05) is 6.61 Å². The fourth-order valence-electron chi connectivity index (χ4n) is 2.81. The van der Waals surface area contributed by atoms with E-state index in [4.69, 9.17) is 10.3 Å². The van der Waals surface area contributed by atoms with Gasteiger partial charge in [0, 0.05) is 24.7 Å². The number of hydrogen-bond acceptors (Lipinski definition) is 5. The van der Waals surface area contributed by atoms with E-state index in [0.717, 1.165) is 11.1 Å². The normalized spacial score (nSPS) is 12.2. The molecule has 3 rings (SSSR count). The summed E-state index contributed by atoms with van der Waals surface area (Å²) in [4.78, 5) is 13.6. The summed E-state index contributed by atoms with van der Waals surface area (Å²) < 4.78 is 5.42. The first-order chi connectivity index (χ1) is 12.7. The molecule has 134 valence electrons. The van der Waals surface area contributed by atoms with Crippen molar-refractivity contribution < 1.29 is 14.4 Å². The van der Waals surface area contributed by atoms with Crippen molar-refractivity contribution in [2.45, 2.75) is 19.1 Å². The van der Waals surface area contributed by atoms with E-state index in [0.29, 0.717) is 24.5 Å². The summed E-state index contributed by atoms with van der Waals surface area (Å²) in [6, 6.07) is 20.4. The standard InChI is InChI=1S/C20H21N3O3/c21-20(25)18(14-24)23(12-15-7-3-1-4-8-15)13-17-11-19(26-22-17)16-9-5-2-6-10-16/h1-11,18,24H,12-14H2,(H2,21,25). The quantitative estimate of drug-likeness (QED) is 0.649. The zero-order chi connectivity index (χ0) is 18.4. The summed E-state index contributed by atoms with van der Waals surface area (Å²) in [6.45, 7) is 0.438. The summed E-state index contributed by atoms with van der Waals surface area (Å²) in [7, 11) is 0. The lowest BCUT2D eigenvalue weighted by molar-refractivity contribution is -0.125. The predicted molar refractivity (Wildman–Crippen MR) is 97.7 cm³/mol. The van der Waals surface area contributed by atoms with Crippen LogP contribution in [0.1, 0.15) is 11.3 Å². The minimum Gasteiger partial charge on any atom is -0.394 e. The maximum absolute atomic E-state index is 11.8. The van der Waals surface area contributed by atoms with Crippen LogP contribution in [-0.2, 0) is 17.9 Å². The molecule has 1 aromatic heterocycles. The molecular weight excluding hydrogens is 330 g/mol. The van der Waals surface area contributed by atoms with Gasteiger partial charge in [0.15, 0.2) is 5.76 Å². The van der Waals surface area contributed by atoms with Crippen molar-refractivity contribution in [1.29, 1.82) is 0 Å². The first-order valence-corrected chi connectivity index (χ1v) is 8.36. The number of aromatic nitrogens is 1. The van der Waals surface area contributed by atoms with E-state index in [1.807, 2.05) is 66.7 Å². The Hall–Kier alpha value is -2.96. The molecule has 2 aromatic carbocycles. The average Bonchev–Trinajstić information content (AvgIpc) is 3.12. The van der Waals surface area contributed by atoms with E-state index in [2.05, 4.69) is 5.16 Å². The molecule has 1 unspecified atom stereocenters. The van der Waals surface area contributed by atoms with Crippen molar-refractivity contribution in [3.63, 3.8) is 0 Å². The molecule has 3 N–H and O–H groups in total. The molecule has 6 nitrogen and oxygen atoms in total. The number of carbonyl (C=O) groups is 1. The van der Waals surface area contributed by atoms with Crippen molar-refractivity contribution in [3.8, 4) is 11.3 Å². The maximum atomic E-state index is 11.8. The molecular formula is C20H21N3O3. The Bertz CT molecular complexity index is 834. The zero-order valence-electron chi connectivity index (χ0n) is 14.3. The fraction of sp³-hybridized carbons (Fsp3) is 0.200. The molecule has 0 radical (unpaired) electrons. The molecule has 3 aromatic rings. The van der Waals surface area contributed by atoms with E-state index in [1.165, 1.54) is 0 Å². The highest BCUT2D eigenvalue weighted by Crippen LogP contribution is 2.21. The van der Waals surface area contributed by atoms with Crippen molar-refractivity contribution in [1.82, 2.24) is 10.1 Å². The lowest BCUT2D eigenvalue weighted by Gasteiger charge is -2.27. The molecule has 1 heterocycles. The SMILES string of the molecule is NC(=O)C(CO)N(Cc1ccccc1)Cc1cc(-c2ccccc2)on1. The van der Waals surface area contributed by atoms with Crippen LogP contribution in [0.3, 0.4) is 0 Å². The number of hydrogen-bond donors (Lipinski definition) is 2. The van der Waals surface area contributed by atoms with Crippen molar-refractivity contribution >= 4 is 5.91 Å². The molecule has 0 spiro atoms. The highest BCUT2D eigenvalue weighted by Gasteiger charge is 2.24. The summed E-state index contributed by atoms with van der Waals surface area (Å²) in [5.74, 6) is 0.0788. The van der Waals surface area contributed by atoms with Gasteiger partial charge < -0.3 is 15.4 Å². The van der Waals surface area contributed by atoms with Crippen LogP contribution in [0.2, 0.25) is 0 Å². The Kier molecular flexibility index (Phi) is 5.78. The van der Waals surface area contributed by atoms with Crippen LogP contribution in [-0.4, -0.2) is 33.7 Å². The van der Waals surface area contributed by atoms with Gasteiger partial charge in [-0.15, -0.1) is 0 Å². The van der Waals surface area contributed by atoms with Gasteiger partial charge >= 0.3 is 0 Å². The number of amides is 1. The monoisotopic (exact) mass is 351 g/mol. The van der Waals surface area contributed by atoms with Crippen LogP contribution in [0.25, 0.3) is 11.3 Å². The van der Waals surface area contributed by atoms with Gasteiger partial charge in [-0.25, -0.2) is 0 Å². The second kappa shape index (κ2) is 8.42. The minimum absolute atomic E-state index is 0.333. The molecule has 0 fully saturated rings. The third-order valence-corrected chi connectivity index (χ3v) is 4.15. The third-order valence-electron chi connectivity index (χ3n) is 4.15. The summed E-state index contributed by atoms with van der Waals surface area (Å²) in [5.41, 5.74) is 8.07. The highest BCUT2D eigenvalue weighted by atomic mass is 16.5. The van der Waals surface area contributed by atoms with Crippen LogP contribution in [0, 0.1) is 0 Å². The number of nitrogens with two attached hydrogens (primary N) is 1. The second-order valence-corrected chi connectivity index (χ2v) is 6.04. The van der Waals surface area contributed by atoms with Gasteiger partial charge in [0.1, 0.15) is 6.04 Å². The Balaban J connectivity index is 1.81. The lowest BCUT2D eigenvalue weighted by atomic mass is 10.1. The van der Waals surface area contributed by atoms with Crippen molar-refractivity contribution in [2.24, 2.45) is 5.73 Å². The fourth-order valence-corrected chi connectivity index (χ4v) is 2.81. The number of carbonyl (C=O) groups excluding carboxylic acids is 1. The van der Waals surface area contributed by atoms with Crippen LogP contribution in [0.15, 0.2) is 71.3 Å². The Morgan fingerprint density at radius 3 is 2.35 bits per heavy atom. The van der Waals surface area contributed by atoms with E-state index in [1.54, 1.807) is 4.90 Å². The lowest BCUT2D eigenvalue weighted by Crippen LogP contribution is -2.46. The first-order valence-electron chi connectivity index (χ1n) is 8.36. The molecule has 0 aliphatic heterocycles. The molecule has 1 amide bonds. The van der Waals surface area contributed by atoms with E-state index in [-0.39, 0.29) is 6.61 Å². The zero-order valence-corrected chi connectivity index (χ0v) is 14.3. The third kappa shape index (κ3) is 4.36. The highest BCUT2D eigenvalue weighted by molar-refractivity contribution is 5.80. The van der Waals surface area contributed by atoms with E-state index >= 15 is 0 Å².